The highest BCUT2D eigenvalue weighted by Gasteiger charge is 2.17. The van der Waals surface area contributed by atoms with E-state index in [9.17, 15) is 4.79 Å². The quantitative estimate of drug-likeness (QED) is 0.627. The molecule has 0 spiro atoms. The topological polar surface area (TPSA) is 55.6 Å². The summed E-state index contributed by atoms with van der Waals surface area (Å²) in [5.74, 6) is -0.306. The van der Waals surface area contributed by atoms with Gasteiger partial charge in [0.1, 0.15) is 6.04 Å². The molecule has 1 aliphatic heterocycles. The number of esters is 1. The largest absolute Gasteiger partial charge is 0.468 e. The van der Waals surface area contributed by atoms with Gasteiger partial charge in [-0.2, -0.15) is 0 Å². The number of likely N-dealkylation sites (tertiary alicyclic amines) is 1. The van der Waals surface area contributed by atoms with Crippen molar-refractivity contribution in [3.63, 3.8) is 0 Å². The Morgan fingerprint density at radius 3 is 2.69 bits per heavy atom. The maximum absolute atomic E-state index is 11.0. The summed E-state index contributed by atoms with van der Waals surface area (Å²) in [4.78, 5) is 13.3. The Bertz CT molecular complexity index is 167. The van der Waals surface area contributed by atoms with Crippen LogP contribution in [0.15, 0.2) is 0 Å². The summed E-state index contributed by atoms with van der Waals surface area (Å²) in [5.41, 5.74) is 5.60. The molecular formula is C9H18N2O2. The van der Waals surface area contributed by atoms with Gasteiger partial charge in [0.15, 0.2) is 0 Å². The van der Waals surface area contributed by atoms with E-state index in [2.05, 4.69) is 9.64 Å². The molecule has 0 radical (unpaired) electrons. The smallest absolute Gasteiger partial charge is 0.322 e. The standard InChI is InChI=1S/C9H18N2O2/c1-13-9(12)8(10)4-7-11-5-2-3-6-11/h8H,2-7,10H2,1H3. The number of ether oxygens (including phenoxy) is 1. The Kier molecular flexibility index (Phi) is 4.18. The van der Waals surface area contributed by atoms with Gasteiger partial charge in [-0.1, -0.05) is 0 Å². The monoisotopic (exact) mass is 186 g/mol. The van der Waals surface area contributed by atoms with E-state index in [0.29, 0.717) is 6.42 Å². The molecule has 1 aliphatic rings. The van der Waals surface area contributed by atoms with Crippen molar-refractivity contribution in [2.24, 2.45) is 5.73 Å². The van der Waals surface area contributed by atoms with E-state index in [1.165, 1.54) is 20.0 Å². The zero-order valence-electron chi connectivity index (χ0n) is 8.16. The summed E-state index contributed by atoms with van der Waals surface area (Å²) in [6, 6.07) is -0.453. The van der Waals surface area contributed by atoms with E-state index >= 15 is 0 Å². The highest BCUT2D eigenvalue weighted by molar-refractivity contribution is 5.75. The summed E-state index contributed by atoms with van der Waals surface area (Å²) >= 11 is 0. The van der Waals surface area contributed by atoms with E-state index in [1.54, 1.807) is 0 Å². The number of nitrogens with zero attached hydrogens (tertiary/aromatic N) is 1. The molecule has 0 aromatic rings. The fraction of sp³-hybridized carbons (Fsp3) is 0.889. The number of rotatable bonds is 4. The molecule has 76 valence electrons. The predicted molar refractivity (Wildman–Crippen MR) is 50.3 cm³/mol. The Hall–Kier alpha value is -0.610. The van der Waals surface area contributed by atoms with Crippen LogP contribution in [0, 0.1) is 0 Å². The molecule has 1 unspecified atom stereocenters. The molecule has 13 heavy (non-hydrogen) atoms. The number of carbonyl (C=O) groups is 1. The molecule has 1 fully saturated rings. The Morgan fingerprint density at radius 2 is 2.15 bits per heavy atom. The van der Waals surface area contributed by atoms with Crippen LogP contribution in [0.2, 0.25) is 0 Å². The average molecular weight is 186 g/mol. The second-order valence-corrected chi connectivity index (χ2v) is 3.47. The van der Waals surface area contributed by atoms with E-state index in [4.69, 9.17) is 5.73 Å². The minimum Gasteiger partial charge on any atom is -0.468 e. The summed E-state index contributed by atoms with van der Waals surface area (Å²) in [6.45, 7) is 3.21. The van der Waals surface area contributed by atoms with Gasteiger partial charge in [0, 0.05) is 6.54 Å². The molecule has 0 bridgehead atoms. The van der Waals surface area contributed by atoms with Crippen molar-refractivity contribution in [1.29, 1.82) is 0 Å². The number of methoxy groups -OCH3 is 1. The average Bonchev–Trinajstić information content (AvgIpc) is 2.65. The van der Waals surface area contributed by atoms with Gasteiger partial charge >= 0.3 is 5.97 Å². The SMILES string of the molecule is COC(=O)C(N)CCN1CCCC1. The second-order valence-electron chi connectivity index (χ2n) is 3.47. The molecule has 1 rings (SSSR count). The van der Waals surface area contributed by atoms with Crippen LogP contribution in [0.25, 0.3) is 0 Å². The van der Waals surface area contributed by atoms with Crippen LogP contribution in [-0.2, 0) is 9.53 Å². The van der Waals surface area contributed by atoms with E-state index < -0.39 is 6.04 Å². The van der Waals surface area contributed by atoms with Gasteiger partial charge in [-0.15, -0.1) is 0 Å². The lowest BCUT2D eigenvalue weighted by molar-refractivity contribution is -0.142. The zero-order valence-corrected chi connectivity index (χ0v) is 8.16. The lowest BCUT2D eigenvalue weighted by Gasteiger charge is -2.16. The number of hydrogen-bond donors (Lipinski definition) is 1. The third-order valence-corrected chi connectivity index (χ3v) is 2.46. The fourth-order valence-corrected chi connectivity index (χ4v) is 1.60. The van der Waals surface area contributed by atoms with Crippen molar-refractivity contribution in [1.82, 2.24) is 4.90 Å². The number of carbonyl (C=O) groups excluding carboxylic acids is 1. The predicted octanol–water partition coefficient (Wildman–Crippen LogP) is -0.0274. The van der Waals surface area contributed by atoms with E-state index in [-0.39, 0.29) is 5.97 Å². The molecule has 4 nitrogen and oxygen atoms in total. The third-order valence-electron chi connectivity index (χ3n) is 2.46. The Labute approximate surface area is 79.0 Å². The Morgan fingerprint density at radius 1 is 1.54 bits per heavy atom. The molecule has 0 aromatic carbocycles. The van der Waals surface area contributed by atoms with Gasteiger partial charge < -0.3 is 15.4 Å². The molecule has 1 atom stereocenters. The van der Waals surface area contributed by atoms with Gasteiger partial charge in [0.2, 0.25) is 0 Å². The maximum atomic E-state index is 11.0. The van der Waals surface area contributed by atoms with Crippen LogP contribution < -0.4 is 5.73 Å². The van der Waals surface area contributed by atoms with Crippen molar-refractivity contribution < 1.29 is 9.53 Å². The molecule has 0 aromatic heterocycles. The van der Waals surface area contributed by atoms with Crippen LogP contribution >= 0.6 is 0 Å². The zero-order chi connectivity index (χ0) is 9.68. The van der Waals surface area contributed by atoms with Crippen LogP contribution in [0.1, 0.15) is 19.3 Å². The molecular weight excluding hydrogens is 168 g/mol. The molecule has 4 heteroatoms. The van der Waals surface area contributed by atoms with Crippen molar-refractivity contribution in [2.75, 3.05) is 26.7 Å². The van der Waals surface area contributed by atoms with Crippen molar-refractivity contribution in [2.45, 2.75) is 25.3 Å². The first-order valence-corrected chi connectivity index (χ1v) is 4.80. The van der Waals surface area contributed by atoms with Gasteiger partial charge in [-0.05, 0) is 32.4 Å². The van der Waals surface area contributed by atoms with Gasteiger partial charge in [-0.3, -0.25) is 4.79 Å². The highest BCUT2D eigenvalue weighted by atomic mass is 16.5. The maximum Gasteiger partial charge on any atom is 0.322 e. The second kappa shape index (κ2) is 5.19. The molecule has 1 heterocycles. The molecule has 1 saturated heterocycles. The summed E-state index contributed by atoms with van der Waals surface area (Å²) in [5, 5.41) is 0. The third kappa shape index (κ3) is 3.32. The van der Waals surface area contributed by atoms with Crippen LogP contribution in [-0.4, -0.2) is 43.7 Å². The summed E-state index contributed by atoms with van der Waals surface area (Å²) in [6.07, 6.45) is 3.24. The van der Waals surface area contributed by atoms with Crippen LogP contribution in [0.5, 0.6) is 0 Å². The molecule has 0 aliphatic carbocycles. The van der Waals surface area contributed by atoms with Crippen molar-refractivity contribution >= 4 is 5.97 Å². The Balaban J connectivity index is 2.13. The van der Waals surface area contributed by atoms with Crippen molar-refractivity contribution in [3.8, 4) is 0 Å². The molecule has 0 saturated carbocycles. The van der Waals surface area contributed by atoms with Gasteiger partial charge in [0.05, 0.1) is 7.11 Å². The summed E-state index contributed by atoms with van der Waals surface area (Å²) in [7, 11) is 1.37. The molecule has 2 N–H and O–H groups in total. The first-order valence-electron chi connectivity index (χ1n) is 4.80. The minimum absolute atomic E-state index is 0.306. The molecule has 0 amide bonds. The van der Waals surface area contributed by atoms with Crippen molar-refractivity contribution in [3.05, 3.63) is 0 Å². The highest BCUT2D eigenvalue weighted by Crippen LogP contribution is 2.08. The first-order chi connectivity index (χ1) is 6.24. The number of hydrogen-bond acceptors (Lipinski definition) is 4. The van der Waals surface area contributed by atoms with Crippen LogP contribution in [0.4, 0.5) is 0 Å². The minimum atomic E-state index is -0.453. The van der Waals surface area contributed by atoms with Gasteiger partial charge in [0.25, 0.3) is 0 Å². The van der Waals surface area contributed by atoms with E-state index in [1.807, 2.05) is 0 Å². The first kappa shape index (κ1) is 10.5. The normalized spacial score (nSPS) is 20.2. The lowest BCUT2D eigenvalue weighted by atomic mass is 10.2. The number of nitrogens with two attached hydrogens (primary N) is 1. The fourth-order valence-electron chi connectivity index (χ4n) is 1.60. The van der Waals surface area contributed by atoms with Gasteiger partial charge in [-0.25, -0.2) is 0 Å². The van der Waals surface area contributed by atoms with E-state index in [0.717, 1.165) is 19.6 Å². The lowest BCUT2D eigenvalue weighted by Crippen LogP contribution is -2.35. The summed E-state index contributed by atoms with van der Waals surface area (Å²) < 4.78 is 4.54. The van der Waals surface area contributed by atoms with Crippen LogP contribution in [0.3, 0.4) is 0 Å².